The first-order chi connectivity index (χ1) is 11.2. The van der Waals surface area contributed by atoms with Gasteiger partial charge in [0.15, 0.2) is 0 Å². The van der Waals surface area contributed by atoms with Crippen LogP contribution in [0.1, 0.15) is 18.1 Å². The number of nitrogens with one attached hydrogen (secondary N) is 2. The number of hydrogen-bond acceptors (Lipinski definition) is 4. The summed E-state index contributed by atoms with van der Waals surface area (Å²) >= 11 is 0. The molecule has 128 valence electrons. The minimum Gasteiger partial charge on any atom is -0.494 e. The van der Waals surface area contributed by atoms with Gasteiger partial charge in [-0.15, -0.1) is 0 Å². The summed E-state index contributed by atoms with van der Waals surface area (Å²) in [6, 6.07) is 9.57. The fraction of sp³-hybridized carbons (Fsp3) is 0.235. The summed E-state index contributed by atoms with van der Waals surface area (Å²) in [6.07, 6.45) is 0. The van der Waals surface area contributed by atoms with E-state index in [0.717, 1.165) is 11.1 Å². The summed E-state index contributed by atoms with van der Waals surface area (Å²) in [6.45, 7) is 5.12. The highest BCUT2D eigenvalue weighted by Gasteiger charge is 2.18. The van der Waals surface area contributed by atoms with Crippen LogP contribution in [0, 0.1) is 13.8 Å². The molecule has 0 unspecified atom stereocenters. The van der Waals surface area contributed by atoms with E-state index in [4.69, 9.17) is 4.74 Å². The van der Waals surface area contributed by atoms with Gasteiger partial charge < -0.3 is 10.1 Å². The van der Waals surface area contributed by atoms with E-state index in [1.165, 1.54) is 38.3 Å². The van der Waals surface area contributed by atoms with Crippen molar-refractivity contribution in [3.05, 3.63) is 47.5 Å². The van der Waals surface area contributed by atoms with Crippen LogP contribution in [0.25, 0.3) is 0 Å². The third kappa shape index (κ3) is 4.05. The molecule has 24 heavy (non-hydrogen) atoms. The molecule has 0 saturated carbocycles. The van der Waals surface area contributed by atoms with Crippen LogP contribution in [-0.4, -0.2) is 21.4 Å². The third-order valence-corrected chi connectivity index (χ3v) is 4.73. The molecule has 7 heteroatoms. The van der Waals surface area contributed by atoms with Crippen LogP contribution in [0.4, 0.5) is 11.4 Å². The van der Waals surface area contributed by atoms with Crippen molar-refractivity contribution >= 4 is 27.3 Å². The van der Waals surface area contributed by atoms with Crippen molar-refractivity contribution in [1.29, 1.82) is 0 Å². The van der Waals surface area contributed by atoms with Gasteiger partial charge in [-0.25, -0.2) is 8.42 Å². The molecule has 0 atom stereocenters. The number of anilines is 2. The van der Waals surface area contributed by atoms with Gasteiger partial charge in [-0.1, -0.05) is 6.07 Å². The molecule has 0 saturated heterocycles. The van der Waals surface area contributed by atoms with E-state index in [1.807, 2.05) is 19.9 Å². The first kappa shape index (κ1) is 17.8. The molecule has 6 nitrogen and oxygen atoms in total. The van der Waals surface area contributed by atoms with E-state index in [9.17, 15) is 13.2 Å². The number of ether oxygens (including phenoxy) is 1. The van der Waals surface area contributed by atoms with Crippen molar-refractivity contribution in [1.82, 2.24) is 0 Å². The van der Waals surface area contributed by atoms with Crippen molar-refractivity contribution in [3.63, 3.8) is 0 Å². The van der Waals surface area contributed by atoms with E-state index in [-0.39, 0.29) is 10.8 Å². The third-order valence-electron chi connectivity index (χ3n) is 3.35. The number of carbonyl (C=O) groups is 1. The highest BCUT2D eigenvalue weighted by atomic mass is 32.2. The zero-order valence-electron chi connectivity index (χ0n) is 14.0. The molecule has 0 aliphatic heterocycles. The molecule has 2 rings (SSSR count). The monoisotopic (exact) mass is 348 g/mol. The molecule has 0 spiro atoms. The molecule has 0 fully saturated rings. The zero-order valence-corrected chi connectivity index (χ0v) is 14.8. The standard InChI is InChI=1S/C17H20N2O4S/c1-11-9-12(2)17(23-4)16(10-11)19-24(21,22)15-7-5-14(6-8-15)18-13(3)20/h5-10,19H,1-4H3,(H,18,20). The Balaban J connectivity index is 2.33. The second kappa shape index (κ2) is 6.92. The van der Waals surface area contributed by atoms with Gasteiger partial charge in [0.05, 0.1) is 17.7 Å². The highest BCUT2D eigenvalue weighted by Crippen LogP contribution is 2.31. The van der Waals surface area contributed by atoms with Crippen LogP contribution in [0.3, 0.4) is 0 Å². The van der Waals surface area contributed by atoms with Crippen LogP contribution in [0.15, 0.2) is 41.3 Å². The lowest BCUT2D eigenvalue weighted by Crippen LogP contribution is -2.14. The largest absolute Gasteiger partial charge is 0.494 e. The van der Waals surface area contributed by atoms with E-state index < -0.39 is 10.0 Å². The molecule has 0 aromatic heterocycles. The van der Waals surface area contributed by atoms with Crippen molar-refractivity contribution in [2.45, 2.75) is 25.7 Å². The van der Waals surface area contributed by atoms with Gasteiger partial charge in [0.1, 0.15) is 5.75 Å². The molecule has 0 bridgehead atoms. The molecule has 0 radical (unpaired) electrons. The highest BCUT2D eigenvalue weighted by molar-refractivity contribution is 7.92. The average Bonchev–Trinajstić information content (AvgIpc) is 2.46. The summed E-state index contributed by atoms with van der Waals surface area (Å²) in [4.78, 5) is 11.1. The minimum atomic E-state index is -3.77. The van der Waals surface area contributed by atoms with Crippen LogP contribution >= 0.6 is 0 Å². The fourth-order valence-electron chi connectivity index (χ4n) is 2.43. The van der Waals surface area contributed by atoms with E-state index in [2.05, 4.69) is 10.0 Å². The summed E-state index contributed by atoms with van der Waals surface area (Å²) in [7, 11) is -2.27. The van der Waals surface area contributed by atoms with Crippen LogP contribution in [-0.2, 0) is 14.8 Å². The Morgan fingerprint density at radius 3 is 2.25 bits per heavy atom. The molecule has 2 N–H and O–H groups in total. The smallest absolute Gasteiger partial charge is 0.262 e. The lowest BCUT2D eigenvalue weighted by molar-refractivity contribution is -0.114. The first-order valence-corrected chi connectivity index (χ1v) is 8.77. The average molecular weight is 348 g/mol. The Bertz CT molecular complexity index is 859. The van der Waals surface area contributed by atoms with Gasteiger partial charge in [-0.05, 0) is 55.3 Å². The number of aryl methyl sites for hydroxylation is 2. The second-order valence-electron chi connectivity index (χ2n) is 5.47. The molecule has 0 aliphatic rings. The first-order valence-electron chi connectivity index (χ1n) is 7.28. The molecular weight excluding hydrogens is 328 g/mol. The van der Waals surface area contributed by atoms with Gasteiger partial charge in [-0.3, -0.25) is 9.52 Å². The summed E-state index contributed by atoms with van der Waals surface area (Å²) in [5, 5.41) is 2.59. The van der Waals surface area contributed by atoms with Crippen LogP contribution in [0.2, 0.25) is 0 Å². The fourth-order valence-corrected chi connectivity index (χ4v) is 3.48. The molecule has 1 amide bonds. The lowest BCUT2D eigenvalue weighted by atomic mass is 10.1. The maximum Gasteiger partial charge on any atom is 0.262 e. The number of carbonyl (C=O) groups excluding carboxylic acids is 1. The predicted molar refractivity (Wildman–Crippen MR) is 94.0 cm³/mol. The Kier molecular flexibility index (Phi) is 5.14. The quantitative estimate of drug-likeness (QED) is 0.870. The van der Waals surface area contributed by atoms with Gasteiger partial charge in [0.2, 0.25) is 5.91 Å². The number of rotatable bonds is 5. The molecule has 2 aromatic rings. The van der Waals surface area contributed by atoms with Gasteiger partial charge >= 0.3 is 0 Å². The zero-order chi connectivity index (χ0) is 17.9. The van der Waals surface area contributed by atoms with E-state index in [0.29, 0.717) is 17.1 Å². The summed E-state index contributed by atoms with van der Waals surface area (Å²) in [5.41, 5.74) is 2.69. The number of hydrogen-bond donors (Lipinski definition) is 2. The Morgan fingerprint density at radius 2 is 1.71 bits per heavy atom. The number of benzene rings is 2. The number of sulfonamides is 1. The van der Waals surface area contributed by atoms with Crippen molar-refractivity contribution in [3.8, 4) is 5.75 Å². The van der Waals surface area contributed by atoms with Crippen LogP contribution in [0.5, 0.6) is 5.75 Å². The van der Waals surface area contributed by atoms with Gasteiger partial charge in [-0.2, -0.15) is 0 Å². The van der Waals surface area contributed by atoms with E-state index in [1.54, 1.807) is 6.07 Å². The molecule has 0 heterocycles. The number of amides is 1. The predicted octanol–water partition coefficient (Wildman–Crippen LogP) is 3.07. The molecular formula is C17H20N2O4S. The minimum absolute atomic E-state index is 0.0952. The summed E-state index contributed by atoms with van der Waals surface area (Å²) in [5.74, 6) is 0.266. The maximum atomic E-state index is 12.6. The molecule has 0 aliphatic carbocycles. The molecule has 2 aromatic carbocycles. The normalized spacial score (nSPS) is 11.0. The van der Waals surface area contributed by atoms with E-state index >= 15 is 0 Å². The topological polar surface area (TPSA) is 84.5 Å². The summed E-state index contributed by atoms with van der Waals surface area (Å²) < 4.78 is 33.0. The Morgan fingerprint density at radius 1 is 1.08 bits per heavy atom. The van der Waals surface area contributed by atoms with Crippen molar-refractivity contribution in [2.24, 2.45) is 0 Å². The SMILES string of the molecule is COc1c(C)cc(C)cc1NS(=O)(=O)c1ccc(NC(C)=O)cc1. The van der Waals surface area contributed by atoms with Gasteiger partial charge in [0, 0.05) is 12.6 Å². The maximum absolute atomic E-state index is 12.6. The lowest BCUT2D eigenvalue weighted by Gasteiger charge is -2.15. The Labute approximate surface area is 141 Å². The number of methoxy groups -OCH3 is 1. The van der Waals surface area contributed by atoms with Crippen LogP contribution < -0.4 is 14.8 Å². The van der Waals surface area contributed by atoms with Gasteiger partial charge in [0.25, 0.3) is 10.0 Å². The Hall–Kier alpha value is -2.54. The van der Waals surface area contributed by atoms with Crippen molar-refractivity contribution < 1.29 is 17.9 Å². The second-order valence-corrected chi connectivity index (χ2v) is 7.16. The van der Waals surface area contributed by atoms with Crippen molar-refractivity contribution in [2.75, 3.05) is 17.1 Å².